The second-order valence-electron chi connectivity index (χ2n) is 6.87. The monoisotopic (exact) mass is 346 g/mol. The van der Waals surface area contributed by atoms with Crippen molar-refractivity contribution in [3.63, 3.8) is 0 Å². The van der Waals surface area contributed by atoms with Crippen LogP contribution in [0.3, 0.4) is 0 Å². The molecule has 1 heterocycles. The number of nitrogens with zero attached hydrogens (tertiary/aromatic N) is 1. The Hall–Kier alpha value is -2.08. The summed E-state index contributed by atoms with van der Waals surface area (Å²) in [5, 5.41) is 12.5. The smallest absolute Gasteiger partial charge is 0.306 e. The van der Waals surface area contributed by atoms with Crippen LogP contribution in [0.2, 0.25) is 0 Å². The average molecular weight is 346 g/mol. The molecule has 3 rings (SSSR count). The molecule has 0 radical (unpaired) electrons. The summed E-state index contributed by atoms with van der Waals surface area (Å²) in [5.41, 5.74) is 1.67. The number of hydrogen-bond donors (Lipinski definition) is 2. The number of ether oxygens (including phenoxy) is 1. The molecule has 0 spiro atoms. The van der Waals surface area contributed by atoms with Crippen molar-refractivity contribution in [2.45, 2.75) is 44.8 Å². The zero-order valence-corrected chi connectivity index (χ0v) is 14.6. The maximum absolute atomic E-state index is 12.5. The van der Waals surface area contributed by atoms with Crippen LogP contribution in [0, 0.1) is 5.92 Å². The number of benzene rings is 1. The molecule has 1 aliphatic carbocycles. The molecule has 0 unspecified atom stereocenters. The number of carbonyl (C=O) groups is 2. The zero-order valence-electron chi connectivity index (χ0n) is 14.6. The maximum atomic E-state index is 12.5. The number of carboxylic acids is 1. The number of hydrogen-bond acceptors (Lipinski definition) is 4. The Labute approximate surface area is 148 Å². The Balaban J connectivity index is 1.49. The summed E-state index contributed by atoms with van der Waals surface area (Å²) < 4.78 is 5.56. The first-order valence-electron chi connectivity index (χ1n) is 9.07. The van der Waals surface area contributed by atoms with Gasteiger partial charge in [-0.3, -0.25) is 9.59 Å². The summed E-state index contributed by atoms with van der Waals surface area (Å²) in [7, 11) is 0. The minimum Gasteiger partial charge on any atom is -0.481 e. The summed E-state index contributed by atoms with van der Waals surface area (Å²) in [6.07, 6.45) is 3.48. The molecule has 25 heavy (non-hydrogen) atoms. The minimum atomic E-state index is -0.759. The molecular formula is C19H26N2O4. The van der Waals surface area contributed by atoms with Crippen LogP contribution < -0.4 is 5.32 Å². The van der Waals surface area contributed by atoms with Gasteiger partial charge in [0.2, 0.25) is 0 Å². The van der Waals surface area contributed by atoms with Gasteiger partial charge < -0.3 is 20.1 Å². The summed E-state index contributed by atoms with van der Waals surface area (Å²) in [6.45, 7) is 3.80. The van der Waals surface area contributed by atoms with Gasteiger partial charge >= 0.3 is 5.97 Å². The Morgan fingerprint density at radius 3 is 2.40 bits per heavy atom. The highest BCUT2D eigenvalue weighted by Crippen LogP contribution is 2.27. The number of anilines is 1. The van der Waals surface area contributed by atoms with Gasteiger partial charge in [-0.05, 0) is 56.9 Å². The highest BCUT2D eigenvalue weighted by molar-refractivity contribution is 5.94. The van der Waals surface area contributed by atoms with Crippen molar-refractivity contribution in [1.29, 1.82) is 0 Å². The van der Waals surface area contributed by atoms with Gasteiger partial charge in [0.15, 0.2) is 0 Å². The standard InChI is InChI=1S/C19H26N2O4/c1-2-25-17-11-16(12-17)20-15-5-3-13(4-6-15)18(22)21-9-7-14(8-10-21)19(23)24/h3-6,14,16-17,20H,2,7-12H2,1H3,(H,23,24). The fourth-order valence-electron chi connectivity index (χ4n) is 3.51. The molecule has 1 aromatic rings. The molecule has 1 saturated carbocycles. The Kier molecular flexibility index (Phi) is 5.58. The minimum absolute atomic E-state index is 0.0181. The average Bonchev–Trinajstić information content (AvgIpc) is 2.60. The van der Waals surface area contributed by atoms with Gasteiger partial charge in [-0.1, -0.05) is 0 Å². The SMILES string of the molecule is CCOC1CC(Nc2ccc(C(=O)N3CCC(C(=O)O)CC3)cc2)C1. The van der Waals surface area contributed by atoms with Crippen molar-refractivity contribution in [2.24, 2.45) is 5.92 Å². The maximum Gasteiger partial charge on any atom is 0.306 e. The van der Waals surface area contributed by atoms with Crippen molar-refractivity contribution >= 4 is 17.6 Å². The van der Waals surface area contributed by atoms with Crippen LogP contribution >= 0.6 is 0 Å². The van der Waals surface area contributed by atoms with Crippen molar-refractivity contribution < 1.29 is 19.4 Å². The van der Waals surface area contributed by atoms with Gasteiger partial charge in [-0.25, -0.2) is 0 Å². The molecule has 1 aliphatic heterocycles. The Bertz CT molecular complexity index is 602. The fraction of sp³-hybridized carbons (Fsp3) is 0.579. The zero-order chi connectivity index (χ0) is 17.8. The molecule has 6 nitrogen and oxygen atoms in total. The van der Waals surface area contributed by atoms with E-state index in [0.29, 0.717) is 43.6 Å². The van der Waals surface area contributed by atoms with E-state index in [1.54, 1.807) is 4.90 Å². The number of nitrogens with one attached hydrogen (secondary N) is 1. The lowest BCUT2D eigenvalue weighted by Gasteiger charge is -2.36. The topological polar surface area (TPSA) is 78.9 Å². The molecule has 1 aromatic carbocycles. The van der Waals surface area contributed by atoms with Crippen LogP contribution in [0.25, 0.3) is 0 Å². The third-order valence-corrected chi connectivity index (χ3v) is 5.13. The highest BCUT2D eigenvalue weighted by Gasteiger charge is 2.30. The lowest BCUT2D eigenvalue weighted by molar-refractivity contribution is -0.143. The van der Waals surface area contributed by atoms with Crippen molar-refractivity contribution in [2.75, 3.05) is 25.0 Å². The Morgan fingerprint density at radius 2 is 1.84 bits per heavy atom. The number of carbonyl (C=O) groups excluding carboxylic acids is 1. The highest BCUT2D eigenvalue weighted by atomic mass is 16.5. The van der Waals surface area contributed by atoms with E-state index in [4.69, 9.17) is 9.84 Å². The molecule has 2 aliphatic rings. The predicted octanol–water partition coefficient (Wildman–Crippen LogP) is 2.60. The lowest BCUT2D eigenvalue weighted by atomic mass is 9.89. The second-order valence-corrected chi connectivity index (χ2v) is 6.87. The molecular weight excluding hydrogens is 320 g/mol. The molecule has 0 aromatic heterocycles. The molecule has 0 bridgehead atoms. The van der Waals surface area contributed by atoms with Crippen LogP contribution in [0.5, 0.6) is 0 Å². The molecule has 0 atom stereocenters. The first-order chi connectivity index (χ1) is 12.1. The largest absolute Gasteiger partial charge is 0.481 e. The van der Waals surface area contributed by atoms with Crippen molar-refractivity contribution in [3.05, 3.63) is 29.8 Å². The van der Waals surface area contributed by atoms with Crippen LogP contribution in [-0.4, -0.2) is 53.7 Å². The number of carboxylic acid groups (broad SMARTS) is 1. The van der Waals surface area contributed by atoms with Crippen LogP contribution in [0.1, 0.15) is 43.0 Å². The third kappa shape index (κ3) is 4.31. The van der Waals surface area contributed by atoms with E-state index in [-0.39, 0.29) is 11.8 Å². The molecule has 1 saturated heterocycles. The number of piperidine rings is 1. The van der Waals surface area contributed by atoms with E-state index in [1.165, 1.54) is 0 Å². The molecule has 2 fully saturated rings. The molecule has 136 valence electrons. The van der Waals surface area contributed by atoms with E-state index < -0.39 is 5.97 Å². The quantitative estimate of drug-likeness (QED) is 0.828. The van der Waals surface area contributed by atoms with Gasteiger partial charge in [-0.15, -0.1) is 0 Å². The summed E-state index contributed by atoms with van der Waals surface area (Å²) in [6, 6.07) is 7.99. The van der Waals surface area contributed by atoms with Crippen molar-refractivity contribution in [3.8, 4) is 0 Å². The second kappa shape index (κ2) is 7.87. The number of likely N-dealkylation sites (tertiary alicyclic amines) is 1. The van der Waals surface area contributed by atoms with E-state index in [1.807, 2.05) is 31.2 Å². The van der Waals surface area contributed by atoms with Crippen molar-refractivity contribution in [1.82, 2.24) is 4.90 Å². The van der Waals surface area contributed by atoms with Gasteiger partial charge in [0.05, 0.1) is 12.0 Å². The Morgan fingerprint density at radius 1 is 1.20 bits per heavy atom. The first kappa shape index (κ1) is 17.7. The van der Waals surface area contributed by atoms with Crippen LogP contribution in [-0.2, 0) is 9.53 Å². The molecule has 1 amide bonds. The van der Waals surface area contributed by atoms with E-state index in [2.05, 4.69) is 5.32 Å². The van der Waals surface area contributed by atoms with Crippen LogP contribution in [0.4, 0.5) is 5.69 Å². The van der Waals surface area contributed by atoms with Gasteiger partial charge in [0.25, 0.3) is 5.91 Å². The van der Waals surface area contributed by atoms with Gasteiger partial charge in [0, 0.05) is 37.0 Å². The van der Waals surface area contributed by atoms with E-state index in [9.17, 15) is 9.59 Å². The summed E-state index contributed by atoms with van der Waals surface area (Å²) in [5.74, 6) is -1.10. The van der Waals surface area contributed by atoms with Gasteiger partial charge in [-0.2, -0.15) is 0 Å². The normalized spacial score (nSPS) is 23.8. The summed E-state index contributed by atoms with van der Waals surface area (Å²) in [4.78, 5) is 25.3. The molecule has 6 heteroatoms. The number of amides is 1. The first-order valence-corrected chi connectivity index (χ1v) is 9.07. The lowest BCUT2D eigenvalue weighted by Crippen LogP contribution is -2.41. The van der Waals surface area contributed by atoms with E-state index in [0.717, 1.165) is 25.1 Å². The fourth-order valence-corrected chi connectivity index (χ4v) is 3.51. The number of rotatable bonds is 6. The third-order valence-electron chi connectivity index (χ3n) is 5.13. The summed E-state index contributed by atoms with van der Waals surface area (Å²) >= 11 is 0. The van der Waals surface area contributed by atoms with Crippen LogP contribution in [0.15, 0.2) is 24.3 Å². The van der Waals surface area contributed by atoms with E-state index >= 15 is 0 Å². The molecule has 2 N–H and O–H groups in total. The number of aliphatic carboxylic acids is 1. The predicted molar refractivity (Wildman–Crippen MR) is 94.8 cm³/mol. The van der Waals surface area contributed by atoms with Gasteiger partial charge in [0.1, 0.15) is 0 Å².